The van der Waals surface area contributed by atoms with Crippen molar-refractivity contribution < 1.29 is 0 Å². The van der Waals surface area contributed by atoms with Crippen molar-refractivity contribution in [3.63, 3.8) is 0 Å². The van der Waals surface area contributed by atoms with Crippen molar-refractivity contribution in [1.29, 1.82) is 0 Å². The van der Waals surface area contributed by atoms with E-state index in [-0.39, 0.29) is 6.54 Å². The van der Waals surface area contributed by atoms with Crippen LogP contribution in [0.3, 0.4) is 0 Å². The smallest absolute Gasteiger partial charge is 0.110 e. The monoisotopic (exact) mass is 137 g/mol. The first-order chi connectivity index (χ1) is 4.85. The number of hydrogen-bond donors (Lipinski definition) is 0. The van der Waals surface area contributed by atoms with Crippen LogP contribution < -0.4 is 0 Å². The summed E-state index contributed by atoms with van der Waals surface area (Å²) in [6.07, 6.45) is 0. The second-order valence-electron chi connectivity index (χ2n) is 1.31. The largest absolute Gasteiger partial charge is 0.192 e. The second-order valence-corrected chi connectivity index (χ2v) is 1.31. The lowest BCUT2D eigenvalue weighted by atomic mass is 10.5. The van der Waals surface area contributed by atoms with Crippen LogP contribution >= 0.6 is 0 Å². The van der Waals surface area contributed by atoms with E-state index in [1.54, 1.807) is 0 Å². The fourth-order valence-electron chi connectivity index (χ4n) is 0.342. The zero-order valence-corrected chi connectivity index (χ0v) is 5.65. The summed E-state index contributed by atoms with van der Waals surface area (Å²) in [5.41, 5.74) is 10.8. The van der Waals surface area contributed by atoms with Gasteiger partial charge in [-0.3, -0.25) is 0 Å². The third kappa shape index (κ3) is 3.43. The Labute approximate surface area is 58.4 Å². The Morgan fingerprint density at radius 2 is 2.50 bits per heavy atom. The van der Waals surface area contributed by atoms with Gasteiger partial charge in [0.1, 0.15) is 5.70 Å². The van der Waals surface area contributed by atoms with Crippen LogP contribution in [0.1, 0.15) is 0 Å². The molecule has 0 saturated carbocycles. The van der Waals surface area contributed by atoms with Gasteiger partial charge in [-0.25, -0.2) is 0 Å². The molecular weight excluding hydrogens is 130 g/mol. The summed E-state index contributed by atoms with van der Waals surface area (Å²) in [6, 6.07) is 0. The lowest BCUT2D eigenvalue weighted by Crippen LogP contribution is -1.78. The third-order valence-electron chi connectivity index (χ3n) is 0.708. The van der Waals surface area contributed by atoms with Crippen LogP contribution in [-0.2, 0) is 0 Å². The molecule has 10 heavy (non-hydrogen) atoms. The van der Waals surface area contributed by atoms with Crippen LogP contribution in [-0.4, -0.2) is 13.6 Å². The van der Waals surface area contributed by atoms with Crippen LogP contribution in [0.4, 0.5) is 0 Å². The van der Waals surface area contributed by atoms with Crippen molar-refractivity contribution in [2.75, 3.05) is 13.6 Å². The van der Waals surface area contributed by atoms with Gasteiger partial charge in [0.15, 0.2) is 0 Å². The minimum absolute atomic E-state index is 0.150. The molecule has 0 N–H and O–H groups in total. The zero-order chi connectivity index (χ0) is 7.82. The van der Waals surface area contributed by atoms with Crippen molar-refractivity contribution in [1.82, 2.24) is 0 Å². The average molecular weight is 137 g/mol. The van der Waals surface area contributed by atoms with Crippen LogP contribution in [0, 0.1) is 0 Å². The zero-order valence-electron chi connectivity index (χ0n) is 5.65. The summed E-state index contributed by atoms with van der Waals surface area (Å²) in [5, 5.41) is 10.3. The fourth-order valence-corrected chi connectivity index (χ4v) is 0.342. The molecule has 0 heterocycles. The van der Waals surface area contributed by atoms with Gasteiger partial charge in [-0.1, -0.05) is 11.7 Å². The molecule has 0 bridgehead atoms. The van der Waals surface area contributed by atoms with Crippen LogP contribution in [0.25, 0.3) is 10.4 Å². The van der Waals surface area contributed by atoms with E-state index in [9.17, 15) is 0 Å². The maximum atomic E-state index is 7.90. The predicted molar refractivity (Wildman–Crippen MR) is 37.4 cm³/mol. The van der Waals surface area contributed by atoms with E-state index in [0.717, 1.165) is 0 Å². The van der Waals surface area contributed by atoms with Gasteiger partial charge in [0.05, 0.1) is 6.54 Å². The Morgan fingerprint density at radius 1 is 1.80 bits per heavy atom. The molecular formula is C5H7N5. The van der Waals surface area contributed by atoms with Gasteiger partial charge in [0, 0.05) is 12.0 Å². The summed E-state index contributed by atoms with van der Waals surface area (Å²) in [7, 11) is 1.52. The standard InChI is InChI=1S/C5H7N5/c1-3-5(9-7-2)4-8-10-6/h1,4H2,2H3. The van der Waals surface area contributed by atoms with Crippen molar-refractivity contribution in [3.05, 3.63) is 28.5 Å². The first-order valence-corrected chi connectivity index (χ1v) is 2.54. The third-order valence-corrected chi connectivity index (χ3v) is 0.708. The van der Waals surface area contributed by atoms with Crippen molar-refractivity contribution in [2.24, 2.45) is 15.3 Å². The Hall–Kier alpha value is -1.57. The van der Waals surface area contributed by atoms with E-state index in [4.69, 9.17) is 5.53 Å². The lowest BCUT2D eigenvalue weighted by molar-refractivity contribution is 1.00. The van der Waals surface area contributed by atoms with Gasteiger partial charge in [-0.2, -0.15) is 10.2 Å². The minimum Gasteiger partial charge on any atom is -0.192 e. The van der Waals surface area contributed by atoms with Crippen LogP contribution in [0.5, 0.6) is 0 Å². The normalized spacial score (nSPS) is 8.50. The Balaban J connectivity index is 4.11. The average Bonchev–Trinajstić information content (AvgIpc) is 1.98. The fraction of sp³-hybridized carbons (Fsp3) is 0.400. The Kier molecular flexibility index (Phi) is 4.69. The molecule has 0 rings (SSSR count). The second kappa shape index (κ2) is 5.56. The minimum atomic E-state index is 0.150. The molecule has 0 aliphatic heterocycles. The molecule has 0 amide bonds. The Bertz CT molecular complexity index is 216. The molecule has 0 spiro atoms. The van der Waals surface area contributed by atoms with E-state index in [1.165, 1.54) is 7.05 Å². The molecule has 0 aromatic heterocycles. The number of azo groups is 1. The predicted octanol–water partition coefficient (Wildman–Crippen LogP) is 2.05. The van der Waals surface area contributed by atoms with Gasteiger partial charge in [-0.15, -0.1) is 5.73 Å². The van der Waals surface area contributed by atoms with E-state index < -0.39 is 0 Å². The number of nitrogens with zero attached hydrogens (tertiary/aromatic N) is 5. The molecule has 0 aromatic carbocycles. The summed E-state index contributed by atoms with van der Waals surface area (Å²) in [4.78, 5) is 2.54. The Morgan fingerprint density at radius 3 is 2.90 bits per heavy atom. The van der Waals surface area contributed by atoms with E-state index in [1.807, 2.05) is 0 Å². The molecule has 0 aliphatic rings. The molecule has 0 unspecified atom stereocenters. The molecule has 0 aromatic rings. The molecule has 5 heteroatoms. The van der Waals surface area contributed by atoms with Gasteiger partial charge in [0.2, 0.25) is 0 Å². The van der Waals surface area contributed by atoms with E-state index in [0.29, 0.717) is 5.70 Å². The highest BCUT2D eigenvalue weighted by molar-refractivity contribution is 4.97. The molecule has 0 atom stereocenters. The van der Waals surface area contributed by atoms with Gasteiger partial charge < -0.3 is 0 Å². The summed E-state index contributed by atoms with van der Waals surface area (Å²) in [5.74, 6) is 0. The SMILES string of the molecule is C=C=C(CN=[N+]=[N-])N=NC. The molecule has 5 nitrogen and oxygen atoms in total. The topological polar surface area (TPSA) is 73.5 Å². The molecule has 52 valence electrons. The maximum Gasteiger partial charge on any atom is 0.110 e. The number of azide groups is 1. The van der Waals surface area contributed by atoms with Gasteiger partial charge in [-0.05, 0) is 5.53 Å². The quantitative estimate of drug-likeness (QED) is 0.247. The van der Waals surface area contributed by atoms with Crippen LogP contribution in [0.2, 0.25) is 0 Å². The maximum absolute atomic E-state index is 7.90. The summed E-state index contributed by atoms with van der Waals surface area (Å²) < 4.78 is 0. The van der Waals surface area contributed by atoms with Crippen LogP contribution in [0.15, 0.2) is 33.3 Å². The van der Waals surface area contributed by atoms with E-state index in [2.05, 4.69) is 32.6 Å². The first kappa shape index (κ1) is 8.43. The molecule has 0 fully saturated rings. The molecule has 0 aliphatic carbocycles. The number of rotatable bonds is 3. The lowest BCUT2D eigenvalue weighted by Gasteiger charge is -1.84. The van der Waals surface area contributed by atoms with Gasteiger partial charge in [0.25, 0.3) is 0 Å². The number of hydrogen-bond acceptors (Lipinski definition) is 3. The molecule has 0 radical (unpaired) electrons. The highest BCUT2D eigenvalue weighted by Crippen LogP contribution is 1.94. The first-order valence-electron chi connectivity index (χ1n) is 2.54. The summed E-state index contributed by atoms with van der Waals surface area (Å²) in [6.45, 7) is 3.48. The highest BCUT2D eigenvalue weighted by atomic mass is 15.2. The van der Waals surface area contributed by atoms with Gasteiger partial charge >= 0.3 is 0 Å². The van der Waals surface area contributed by atoms with E-state index >= 15 is 0 Å². The highest BCUT2D eigenvalue weighted by Gasteiger charge is 1.86. The summed E-state index contributed by atoms with van der Waals surface area (Å²) >= 11 is 0. The van der Waals surface area contributed by atoms with Crippen molar-refractivity contribution in [3.8, 4) is 0 Å². The van der Waals surface area contributed by atoms with Crippen molar-refractivity contribution in [2.45, 2.75) is 0 Å². The molecule has 0 saturated heterocycles. The van der Waals surface area contributed by atoms with Crippen molar-refractivity contribution >= 4 is 0 Å².